The van der Waals surface area contributed by atoms with Gasteiger partial charge in [0.15, 0.2) is 0 Å². The minimum absolute atomic E-state index is 0.0564. The topological polar surface area (TPSA) is 63.4 Å². The van der Waals surface area contributed by atoms with Crippen molar-refractivity contribution in [3.63, 3.8) is 0 Å². The molecule has 1 aromatic carbocycles. The molecule has 1 aliphatic heterocycles. The molecule has 0 aliphatic carbocycles. The van der Waals surface area contributed by atoms with Gasteiger partial charge in [0, 0.05) is 23.8 Å². The van der Waals surface area contributed by atoms with E-state index < -0.39 is 15.8 Å². The normalized spacial score (nSPS) is 24.8. The lowest BCUT2D eigenvalue weighted by Gasteiger charge is -2.36. The van der Waals surface area contributed by atoms with Gasteiger partial charge >= 0.3 is 0 Å². The summed E-state index contributed by atoms with van der Waals surface area (Å²) in [5.41, 5.74) is 6.14. The molecule has 112 valence electrons. The van der Waals surface area contributed by atoms with Gasteiger partial charge in [-0.3, -0.25) is 0 Å². The lowest BCUT2D eigenvalue weighted by atomic mass is 9.94. The van der Waals surface area contributed by atoms with Crippen LogP contribution in [0.4, 0.5) is 10.1 Å². The first kappa shape index (κ1) is 15.3. The van der Waals surface area contributed by atoms with E-state index in [1.165, 1.54) is 17.3 Å². The maximum Gasteiger partial charge on any atom is 0.243 e. The van der Waals surface area contributed by atoms with Crippen LogP contribution in [0.5, 0.6) is 0 Å². The summed E-state index contributed by atoms with van der Waals surface area (Å²) in [6.07, 6.45) is 1.84. The number of nitrogen functional groups attached to an aromatic ring is 1. The smallest absolute Gasteiger partial charge is 0.243 e. The van der Waals surface area contributed by atoms with E-state index in [9.17, 15) is 12.8 Å². The number of benzene rings is 1. The first-order chi connectivity index (χ1) is 9.25. The van der Waals surface area contributed by atoms with Gasteiger partial charge in [0.05, 0.1) is 4.90 Å². The number of nitrogens with two attached hydrogens (primary N) is 1. The first-order valence-electron chi connectivity index (χ1n) is 6.82. The highest BCUT2D eigenvalue weighted by molar-refractivity contribution is 7.89. The molecule has 1 aromatic rings. The van der Waals surface area contributed by atoms with Gasteiger partial charge in [0.1, 0.15) is 5.82 Å². The second-order valence-electron chi connectivity index (χ2n) is 5.60. The molecule has 2 N–H and O–H groups in total. The van der Waals surface area contributed by atoms with E-state index in [1.807, 2.05) is 13.8 Å². The lowest BCUT2D eigenvalue weighted by Crippen LogP contribution is -2.45. The second kappa shape index (κ2) is 5.33. The lowest BCUT2D eigenvalue weighted by molar-refractivity contribution is 0.202. The van der Waals surface area contributed by atoms with Crippen molar-refractivity contribution in [3.05, 3.63) is 23.5 Å². The predicted molar refractivity (Wildman–Crippen MR) is 77.3 cm³/mol. The van der Waals surface area contributed by atoms with Crippen molar-refractivity contribution in [2.75, 3.05) is 12.3 Å². The Morgan fingerprint density at radius 1 is 1.35 bits per heavy atom. The third-order valence-electron chi connectivity index (χ3n) is 4.28. The summed E-state index contributed by atoms with van der Waals surface area (Å²) in [5.74, 6) is -0.285. The van der Waals surface area contributed by atoms with Gasteiger partial charge in [-0.25, -0.2) is 12.8 Å². The summed E-state index contributed by atoms with van der Waals surface area (Å²) < 4.78 is 40.5. The van der Waals surface area contributed by atoms with Crippen molar-refractivity contribution in [1.82, 2.24) is 4.31 Å². The molecule has 1 aliphatic rings. The molecule has 4 nitrogen and oxygen atoms in total. The highest BCUT2D eigenvalue weighted by Crippen LogP contribution is 2.30. The minimum atomic E-state index is -3.69. The molecule has 0 bridgehead atoms. The third kappa shape index (κ3) is 2.54. The van der Waals surface area contributed by atoms with E-state index in [1.54, 1.807) is 0 Å². The Balaban J connectivity index is 2.45. The average molecular weight is 300 g/mol. The number of rotatable bonds is 2. The van der Waals surface area contributed by atoms with Crippen LogP contribution in [-0.4, -0.2) is 25.3 Å². The summed E-state index contributed by atoms with van der Waals surface area (Å²) in [5, 5.41) is 0. The molecule has 1 heterocycles. The number of hydrogen-bond acceptors (Lipinski definition) is 3. The van der Waals surface area contributed by atoms with Crippen molar-refractivity contribution in [2.24, 2.45) is 5.92 Å². The fourth-order valence-electron chi connectivity index (χ4n) is 2.60. The molecule has 20 heavy (non-hydrogen) atoms. The van der Waals surface area contributed by atoms with Gasteiger partial charge < -0.3 is 5.73 Å². The van der Waals surface area contributed by atoms with Crippen LogP contribution in [0.25, 0.3) is 0 Å². The van der Waals surface area contributed by atoms with E-state index in [-0.39, 0.29) is 22.2 Å². The first-order valence-corrected chi connectivity index (χ1v) is 8.26. The Morgan fingerprint density at radius 3 is 2.60 bits per heavy atom. The molecule has 6 heteroatoms. The molecule has 0 aromatic heterocycles. The zero-order valence-electron chi connectivity index (χ0n) is 12.1. The average Bonchev–Trinajstić information content (AvgIpc) is 2.38. The van der Waals surface area contributed by atoms with Gasteiger partial charge in [-0.1, -0.05) is 6.92 Å². The van der Waals surface area contributed by atoms with E-state index >= 15 is 0 Å². The molecular weight excluding hydrogens is 279 g/mol. The van der Waals surface area contributed by atoms with Crippen LogP contribution in [0.2, 0.25) is 0 Å². The van der Waals surface area contributed by atoms with Crippen molar-refractivity contribution in [1.29, 1.82) is 0 Å². The standard InChI is InChI=1S/C14H21FN2O2S/c1-9-5-4-6-17(11(9)3)20(18,19)12-7-13(15)10(2)14(16)8-12/h7-9,11H,4-6,16H2,1-3H3. The minimum Gasteiger partial charge on any atom is -0.398 e. The molecule has 1 saturated heterocycles. The molecular formula is C14H21FN2O2S. The van der Waals surface area contributed by atoms with Crippen LogP contribution in [0.1, 0.15) is 32.3 Å². The molecule has 2 unspecified atom stereocenters. The molecule has 0 spiro atoms. The molecule has 0 radical (unpaired) electrons. The number of hydrogen-bond donors (Lipinski definition) is 1. The third-order valence-corrected chi connectivity index (χ3v) is 6.24. The summed E-state index contributed by atoms with van der Waals surface area (Å²) in [6, 6.07) is 2.33. The Morgan fingerprint density at radius 2 is 2.00 bits per heavy atom. The van der Waals surface area contributed by atoms with E-state index in [2.05, 4.69) is 0 Å². The molecule has 2 rings (SSSR count). The number of nitrogens with zero attached hydrogens (tertiary/aromatic N) is 1. The summed E-state index contributed by atoms with van der Waals surface area (Å²) >= 11 is 0. The summed E-state index contributed by atoms with van der Waals surface area (Å²) in [4.78, 5) is -0.0564. The highest BCUT2D eigenvalue weighted by atomic mass is 32.2. The van der Waals surface area contributed by atoms with Gasteiger partial charge in [-0.2, -0.15) is 4.31 Å². The van der Waals surface area contributed by atoms with E-state index in [4.69, 9.17) is 5.73 Å². The van der Waals surface area contributed by atoms with Crippen LogP contribution in [-0.2, 0) is 10.0 Å². The number of halogens is 1. The van der Waals surface area contributed by atoms with Crippen LogP contribution < -0.4 is 5.73 Å². The van der Waals surface area contributed by atoms with Crippen LogP contribution in [0.15, 0.2) is 17.0 Å². The fourth-order valence-corrected chi connectivity index (χ4v) is 4.41. The maximum absolute atomic E-state index is 13.7. The van der Waals surface area contributed by atoms with Gasteiger partial charge in [0.2, 0.25) is 10.0 Å². The second-order valence-corrected chi connectivity index (χ2v) is 7.49. The van der Waals surface area contributed by atoms with Gasteiger partial charge in [-0.15, -0.1) is 0 Å². The van der Waals surface area contributed by atoms with Crippen molar-refractivity contribution in [2.45, 2.75) is 44.6 Å². The van der Waals surface area contributed by atoms with E-state index in [0.29, 0.717) is 12.5 Å². The Hall–Kier alpha value is -1.14. The van der Waals surface area contributed by atoms with Gasteiger partial charge in [-0.05, 0) is 44.7 Å². The molecule has 0 amide bonds. The van der Waals surface area contributed by atoms with E-state index in [0.717, 1.165) is 18.9 Å². The number of anilines is 1. The maximum atomic E-state index is 13.7. The van der Waals surface area contributed by atoms with Gasteiger partial charge in [0.25, 0.3) is 0 Å². The van der Waals surface area contributed by atoms with Crippen molar-refractivity contribution < 1.29 is 12.8 Å². The highest BCUT2D eigenvalue weighted by Gasteiger charge is 2.35. The zero-order valence-corrected chi connectivity index (χ0v) is 12.9. The number of sulfonamides is 1. The molecule has 0 saturated carbocycles. The fraction of sp³-hybridized carbons (Fsp3) is 0.571. The quantitative estimate of drug-likeness (QED) is 0.854. The molecule has 1 fully saturated rings. The SMILES string of the molecule is Cc1c(N)cc(S(=O)(=O)N2CCCC(C)C2C)cc1F. The van der Waals surface area contributed by atoms with Crippen LogP contribution in [0, 0.1) is 18.7 Å². The Kier molecular flexibility index (Phi) is 4.07. The van der Waals surface area contributed by atoms with Crippen molar-refractivity contribution in [3.8, 4) is 0 Å². The molecule has 2 atom stereocenters. The summed E-state index contributed by atoms with van der Waals surface area (Å²) in [7, 11) is -3.69. The van der Waals surface area contributed by atoms with Crippen molar-refractivity contribution >= 4 is 15.7 Å². The number of piperidine rings is 1. The largest absolute Gasteiger partial charge is 0.398 e. The van der Waals surface area contributed by atoms with Crippen LogP contribution >= 0.6 is 0 Å². The van der Waals surface area contributed by atoms with Crippen LogP contribution in [0.3, 0.4) is 0 Å². The monoisotopic (exact) mass is 300 g/mol. The summed E-state index contributed by atoms with van der Waals surface area (Å²) in [6.45, 7) is 5.95. The predicted octanol–water partition coefficient (Wildman–Crippen LogP) is 2.53. The Bertz CT molecular complexity index is 593. The Labute approximate surface area is 119 Å². The zero-order chi connectivity index (χ0) is 15.1.